The Morgan fingerprint density at radius 2 is 2.08 bits per heavy atom. The van der Waals surface area contributed by atoms with Gasteiger partial charge in [0.25, 0.3) is 0 Å². The highest BCUT2D eigenvalue weighted by Crippen LogP contribution is 2.26. The number of aromatic nitrogens is 1. The number of carboxylic acids is 1. The van der Waals surface area contributed by atoms with E-state index >= 15 is 0 Å². The molecule has 2 aromatic rings. The van der Waals surface area contributed by atoms with Crippen molar-refractivity contribution in [2.24, 2.45) is 0 Å². The smallest absolute Gasteiger partial charge is 0.408 e. The van der Waals surface area contributed by atoms with Crippen LogP contribution in [0.4, 0.5) is 9.18 Å². The lowest BCUT2D eigenvalue weighted by Crippen LogP contribution is -2.44. The molecule has 1 amide bonds. The summed E-state index contributed by atoms with van der Waals surface area (Å²) in [6.07, 6.45) is 0.701. The molecule has 1 atom stereocenters. The zero-order valence-corrected chi connectivity index (χ0v) is 14.2. The molecule has 8 heteroatoms. The molecule has 0 fully saturated rings. The van der Waals surface area contributed by atoms with Crippen molar-refractivity contribution in [2.75, 3.05) is 0 Å². The number of nitrogens with one attached hydrogen (secondary N) is 2. The molecule has 0 aliphatic carbocycles. The van der Waals surface area contributed by atoms with Gasteiger partial charge in [0.15, 0.2) is 0 Å². The number of aromatic amines is 1. The number of hydrogen-bond acceptors (Lipinski definition) is 3. The van der Waals surface area contributed by atoms with Gasteiger partial charge in [0.2, 0.25) is 0 Å². The lowest BCUT2D eigenvalue weighted by molar-refractivity contribution is -0.139. The quantitative estimate of drug-likeness (QED) is 0.782. The summed E-state index contributed by atoms with van der Waals surface area (Å²) in [5.41, 5.74) is 0.384. The fraction of sp³-hybridized carbons (Fsp3) is 0.375. The van der Waals surface area contributed by atoms with Crippen LogP contribution in [0.5, 0.6) is 0 Å². The van der Waals surface area contributed by atoms with Gasteiger partial charge in [-0.25, -0.2) is 14.0 Å². The normalized spacial score (nSPS) is 12.9. The second kappa shape index (κ2) is 6.68. The number of ether oxygens (including phenoxy) is 1. The largest absolute Gasteiger partial charge is 0.480 e. The van der Waals surface area contributed by atoms with E-state index in [0.717, 1.165) is 0 Å². The highest BCUT2D eigenvalue weighted by Gasteiger charge is 2.25. The Morgan fingerprint density at radius 1 is 1.42 bits per heavy atom. The minimum absolute atomic E-state index is 0.0300. The van der Waals surface area contributed by atoms with Crippen molar-refractivity contribution in [3.63, 3.8) is 0 Å². The molecule has 2 rings (SSSR count). The van der Waals surface area contributed by atoms with E-state index in [1.54, 1.807) is 27.0 Å². The van der Waals surface area contributed by atoms with Gasteiger partial charge in [-0.05, 0) is 38.5 Å². The first-order valence-electron chi connectivity index (χ1n) is 7.24. The average molecular weight is 357 g/mol. The molecule has 0 aliphatic rings. The third-order valence-corrected chi connectivity index (χ3v) is 3.51. The van der Waals surface area contributed by atoms with Gasteiger partial charge in [0.05, 0.1) is 5.02 Å². The van der Waals surface area contributed by atoms with Gasteiger partial charge in [0, 0.05) is 23.5 Å². The zero-order chi connectivity index (χ0) is 18.1. The number of rotatable bonds is 4. The second-order valence-electron chi connectivity index (χ2n) is 6.37. The third-order valence-electron chi connectivity index (χ3n) is 3.22. The number of aliphatic carboxylic acids is 1. The molecular formula is C16H18ClFN2O4. The Balaban J connectivity index is 2.21. The summed E-state index contributed by atoms with van der Waals surface area (Å²) in [6.45, 7) is 5.03. The first-order valence-corrected chi connectivity index (χ1v) is 7.62. The van der Waals surface area contributed by atoms with Gasteiger partial charge in [-0.2, -0.15) is 0 Å². The van der Waals surface area contributed by atoms with E-state index in [0.29, 0.717) is 16.5 Å². The van der Waals surface area contributed by atoms with Gasteiger partial charge >= 0.3 is 12.1 Å². The lowest BCUT2D eigenvalue weighted by atomic mass is 10.1. The van der Waals surface area contributed by atoms with Crippen LogP contribution in [-0.4, -0.2) is 33.8 Å². The van der Waals surface area contributed by atoms with E-state index < -0.39 is 29.5 Å². The molecule has 130 valence electrons. The number of carboxylic acid groups (broad SMARTS) is 1. The molecule has 6 nitrogen and oxygen atoms in total. The van der Waals surface area contributed by atoms with E-state index in [4.69, 9.17) is 16.3 Å². The van der Waals surface area contributed by atoms with E-state index in [1.165, 1.54) is 12.1 Å². The SMILES string of the molecule is CC(C)(C)OC(=O)N[C@H](Cc1c[nH]c2cc(Cl)c(F)cc12)C(=O)O. The first kappa shape index (κ1) is 18.1. The highest BCUT2D eigenvalue weighted by atomic mass is 35.5. The number of alkyl carbamates (subject to hydrolysis) is 1. The number of H-pyrrole nitrogens is 1. The molecule has 1 aromatic heterocycles. The molecule has 24 heavy (non-hydrogen) atoms. The zero-order valence-electron chi connectivity index (χ0n) is 13.4. The van der Waals surface area contributed by atoms with Crippen molar-refractivity contribution < 1.29 is 23.8 Å². The highest BCUT2D eigenvalue weighted by molar-refractivity contribution is 6.31. The Labute approximate surface area is 142 Å². The van der Waals surface area contributed by atoms with Crippen molar-refractivity contribution >= 4 is 34.6 Å². The van der Waals surface area contributed by atoms with Gasteiger partial charge in [0.1, 0.15) is 17.5 Å². The Morgan fingerprint density at radius 3 is 2.67 bits per heavy atom. The Hall–Kier alpha value is -2.28. The standard InChI is InChI=1S/C16H18ClFN2O4/c1-16(2,3)24-15(23)20-13(14(21)22)4-8-7-19-12-6-10(17)11(18)5-9(8)12/h5-7,13,19H,4H2,1-3H3,(H,20,23)(H,21,22)/t13-/m1/s1. The second-order valence-corrected chi connectivity index (χ2v) is 6.77. The van der Waals surface area contributed by atoms with E-state index in [1.807, 2.05) is 0 Å². The predicted octanol–water partition coefficient (Wildman–Crippen LogP) is 3.48. The minimum atomic E-state index is -1.22. The van der Waals surface area contributed by atoms with Gasteiger partial charge in [-0.15, -0.1) is 0 Å². The maximum Gasteiger partial charge on any atom is 0.408 e. The molecule has 1 aromatic carbocycles. The Bertz CT molecular complexity index is 782. The monoisotopic (exact) mass is 356 g/mol. The number of halogens is 2. The van der Waals surface area contributed by atoms with Crippen molar-refractivity contribution in [1.29, 1.82) is 0 Å². The average Bonchev–Trinajstić information content (AvgIpc) is 2.79. The summed E-state index contributed by atoms with van der Waals surface area (Å²) in [4.78, 5) is 26.1. The van der Waals surface area contributed by atoms with Crippen LogP contribution in [0.15, 0.2) is 18.3 Å². The molecular weight excluding hydrogens is 339 g/mol. The number of fused-ring (bicyclic) bond motifs is 1. The summed E-state index contributed by atoms with van der Waals surface area (Å²) >= 11 is 5.72. The summed E-state index contributed by atoms with van der Waals surface area (Å²) in [7, 11) is 0. The van der Waals surface area contributed by atoms with Crippen LogP contribution < -0.4 is 5.32 Å². The van der Waals surface area contributed by atoms with E-state index in [-0.39, 0.29) is 11.4 Å². The van der Waals surface area contributed by atoms with Crippen LogP contribution in [0.1, 0.15) is 26.3 Å². The number of hydrogen-bond donors (Lipinski definition) is 3. The van der Waals surface area contributed by atoms with Gasteiger partial charge < -0.3 is 20.1 Å². The molecule has 1 heterocycles. The third kappa shape index (κ3) is 4.38. The molecule has 0 saturated carbocycles. The fourth-order valence-electron chi connectivity index (χ4n) is 2.21. The lowest BCUT2D eigenvalue weighted by Gasteiger charge is -2.22. The minimum Gasteiger partial charge on any atom is -0.480 e. The van der Waals surface area contributed by atoms with Crippen LogP contribution in [0.2, 0.25) is 5.02 Å². The number of carbonyl (C=O) groups excluding carboxylic acids is 1. The van der Waals surface area contributed by atoms with Gasteiger partial charge in [-0.3, -0.25) is 0 Å². The summed E-state index contributed by atoms with van der Waals surface area (Å²) in [6, 6.07) is 1.44. The number of benzene rings is 1. The fourth-order valence-corrected chi connectivity index (χ4v) is 2.38. The molecule has 3 N–H and O–H groups in total. The van der Waals surface area contributed by atoms with Crippen molar-refractivity contribution in [2.45, 2.75) is 38.8 Å². The molecule has 0 saturated heterocycles. The number of carbonyl (C=O) groups is 2. The van der Waals surface area contributed by atoms with Crippen molar-refractivity contribution in [3.05, 3.63) is 34.7 Å². The maximum atomic E-state index is 13.6. The summed E-state index contributed by atoms with van der Waals surface area (Å²) in [5, 5.41) is 12.1. The van der Waals surface area contributed by atoms with Crippen molar-refractivity contribution in [3.8, 4) is 0 Å². The van der Waals surface area contributed by atoms with Crippen molar-refractivity contribution in [1.82, 2.24) is 10.3 Å². The molecule has 0 aliphatic heterocycles. The topological polar surface area (TPSA) is 91.4 Å². The summed E-state index contributed by atoms with van der Waals surface area (Å²) in [5.74, 6) is -1.82. The first-order chi connectivity index (χ1) is 11.1. The van der Waals surface area contributed by atoms with Crippen LogP contribution in [0.25, 0.3) is 10.9 Å². The predicted molar refractivity (Wildman–Crippen MR) is 87.8 cm³/mol. The van der Waals surface area contributed by atoms with Crippen LogP contribution >= 0.6 is 11.6 Å². The Kier molecular flexibility index (Phi) is 5.03. The van der Waals surface area contributed by atoms with E-state index in [2.05, 4.69) is 10.3 Å². The number of amides is 1. The van der Waals surface area contributed by atoms with E-state index in [9.17, 15) is 19.1 Å². The molecule has 0 spiro atoms. The van der Waals surface area contributed by atoms with Crippen LogP contribution in [0, 0.1) is 5.82 Å². The molecule has 0 unspecified atom stereocenters. The van der Waals surface area contributed by atoms with Crippen LogP contribution in [0.3, 0.4) is 0 Å². The molecule has 0 bridgehead atoms. The maximum absolute atomic E-state index is 13.6. The van der Waals surface area contributed by atoms with Crippen LogP contribution in [-0.2, 0) is 16.0 Å². The molecule has 0 radical (unpaired) electrons. The summed E-state index contributed by atoms with van der Waals surface area (Å²) < 4.78 is 18.7. The van der Waals surface area contributed by atoms with Gasteiger partial charge in [-0.1, -0.05) is 11.6 Å².